The van der Waals surface area contributed by atoms with E-state index in [9.17, 15) is 0 Å². The summed E-state index contributed by atoms with van der Waals surface area (Å²) in [4.78, 5) is 2.53. The minimum atomic E-state index is 0.341. The van der Waals surface area contributed by atoms with Crippen molar-refractivity contribution in [1.29, 1.82) is 0 Å². The highest BCUT2D eigenvalue weighted by Crippen LogP contribution is 2.29. The van der Waals surface area contributed by atoms with Gasteiger partial charge in [-0.1, -0.05) is 20.8 Å². The van der Waals surface area contributed by atoms with Crippen molar-refractivity contribution in [3.05, 3.63) is 0 Å². The fraction of sp³-hybridized carbons (Fsp3) is 1.00. The molecule has 1 heterocycles. The van der Waals surface area contributed by atoms with Crippen LogP contribution >= 0.6 is 0 Å². The summed E-state index contributed by atoms with van der Waals surface area (Å²) in [7, 11) is 2.27. The second kappa shape index (κ2) is 7.34. The molecule has 0 radical (unpaired) electrons. The van der Waals surface area contributed by atoms with Gasteiger partial charge in [-0.05, 0) is 32.9 Å². The second-order valence-electron chi connectivity index (χ2n) is 5.47. The van der Waals surface area contributed by atoms with Crippen LogP contribution in [0.2, 0.25) is 0 Å². The molecular weight excluding hydrogens is 212 g/mol. The summed E-state index contributed by atoms with van der Waals surface area (Å²) in [6.07, 6.45) is 3.68. The van der Waals surface area contributed by atoms with Crippen molar-refractivity contribution in [2.24, 2.45) is 5.41 Å². The number of nitrogens with one attached hydrogen (secondary N) is 1. The lowest BCUT2D eigenvalue weighted by Crippen LogP contribution is -2.46. The molecule has 3 heteroatoms. The largest absolute Gasteiger partial charge is 0.381 e. The van der Waals surface area contributed by atoms with Crippen molar-refractivity contribution in [2.75, 3.05) is 39.9 Å². The Bertz CT molecular complexity index is 198. The van der Waals surface area contributed by atoms with Gasteiger partial charge in [0, 0.05) is 31.2 Å². The Labute approximate surface area is 107 Å². The lowest BCUT2D eigenvalue weighted by molar-refractivity contribution is 0.0984. The van der Waals surface area contributed by atoms with Crippen molar-refractivity contribution in [3.63, 3.8) is 0 Å². The molecular formula is C14H30N2O. The summed E-state index contributed by atoms with van der Waals surface area (Å²) in [6, 6.07) is 0.717. The van der Waals surface area contributed by atoms with Crippen LogP contribution in [0.25, 0.3) is 0 Å². The van der Waals surface area contributed by atoms with Gasteiger partial charge in [0.2, 0.25) is 0 Å². The number of hydrogen-bond acceptors (Lipinski definition) is 3. The maximum absolute atomic E-state index is 5.64. The smallest absolute Gasteiger partial charge is 0.0547 e. The molecule has 1 aliphatic rings. The zero-order valence-electron chi connectivity index (χ0n) is 12.1. The average molecular weight is 242 g/mol. The number of ether oxygens (including phenoxy) is 1. The van der Waals surface area contributed by atoms with Gasteiger partial charge in [-0.3, -0.25) is 0 Å². The van der Waals surface area contributed by atoms with Crippen LogP contribution in [0.4, 0.5) is 0 Å². The van der Waals surface area contributed by atoms with Crippen LogP contribution in [0, 0.1) is 5.41 Å². The molecule has 0 saturated carbocycles. The Balaban J connectivity index is 2.53. The van der Waals surface area contributed by atoms with Crippen LogP contribution in [0.1, 0.15) is 40.0 Å². The molecule has 0 amide bonds. The first kappa shape index (κ1) is 14.9. The van der Waals surface area contributed by atoms with Gasteiger partial charge in [0.15, 0.2) is 0 Å². The van der Waals surface area contributed by atoms with Crippen molar-refractivity contribution in [2.45, 2.75) is 46.1 Å². The zero-order chi connectivity index (χ0) is 12.7. The van der Waals surface area contributed by atoms with E-state index in [0.29, 0.717) is 11.5 Å². The molecule has 1 rings (SSSR count). The van der Waals surface area contributed by atoms with E-state index < -0.39 is 0 Å². The SMILES string of the molecule is CCNCC1(CN(C)C(CC)CC)CCOC1. The highest BCUT2D eigenvalue weighted by molar-refractivity contribution is 4.89. The summed E-state index contributed by atoms with van der Waals surface area (Å²) < 4.78 is 5.64. The van der Waals surface area contributed by atoms with Crippen molar-refractivity contribution in [1.82, 2.24) is 10.2 Å². The van der Waals surface area contributed by atoms with Crippen LogP contribution in [0.3, 0.4) is 0 Å². The highest BCUT2D eigenvalue weighted by Gasteiger charge is 2.36. The average Bonchev–Trinajstić information content (AvgIpc) is 2.77. The first-order valence-electron chi connectivity index (χ1n) is 7.16. The topological polar surface area (TPSA) is 24.5 Å². The van der Waals surface area contributed by atoms with Gasteiger partial charge in [0.25, 0.3) is 0 Å². The first-order chi connectivity index (χ1) is 8.17. The van der Waals surface area contributed by atoms with Crippen LogP contribution in [-0.4, -0.2) is 50.8 Å². The van der Waals surface area contributed by atoms with E-state index in [1.54, 1.807) is 0 Å². The van der Waals surface area contributed by atoms with E-state index in [0.717, 1.165) is 32.8 Å². The standard InChI is InChI=1S/C14H30N2O/c1-5-13(6-2)16(4)11-14(10-15-7-3)8-9-17-12-14/h13,15H,5-12H2,1-4H3. The molecule has 1 atom stereocenters. The first-order valence-corrected chi connectivity index (χ1v) is 7.16. The molecule has 1 aliphatic heterocycles. The quantitative estimate of drug-likeness (QED) is 0.705. The number of hydrogen-bond donors (Lipinski definition) is 1. The Morgan fingerprint density at radius 3 is 2.47 bits per heavy atom. The highest BCUT2D eigenvalue weighted by atomic mass is 16.5. The third-order valence-electron chi connectivity index (χ3n) is 4.09. The van der Waals surface area contributed by atoms with E-state index >= 15 is 0 Å². The molecule has 17 heavy (non-hydrogen) atoms. The Hall–Kier alpha value is -0.120. The van der Waals surface area contributed by atoms with E-state index in [-0.39, 0.29) is 0 Å². The third kappa shape index (κ3) is 4.23. The van der Waals surface area contributed by atoms with Gasteiger partial charge in [-0.2, -0.15) is 0 Å². The Kier molecular flexibility index (Phi) is 6.45. The molecule has 102 valence electrons. The van der Waals surface area contributed by atoms with E-state index in [1.807, 2.05) is 0 Å². The van der Waals surface area contributed by atoms with Crippen molar-refractivity contribution >= 4 is 0 Å². The fourth-order valence-electron chi connectivity index (χ4n) is 2.93. The molecule has 0 aromatic carbocycles. The van der Waals surface area contributed by atoms with Crippen LogP contribution in [0.15, 0.2) is 0 Å². The minimum absolute atomic E-state index is 0.341. The van der Waals surface area contributed by atoms with Gasteiger partial charge in [-0.15, -0.1) is 0 Å². The summed E-state index contributed by atoms with van der Waals surface area (Å²) in [5.74, 6) is 0. The summed E-state index contributed by atoms with van der Waals surface area (Å²) in [5, 5.41) is 3.50. The normalized spacial score (nSPS) is 25.1. The van der Waals surface area contributed by atoms with Crippen LogP contribution < -0.4 is 5.32 Å². The lowest BCUT2D eigenvalue weighted by Gasteiger charge is -2.36. The molecule has 0 bridgehead atoms. The minimum Gasteiger partial charge on any atom is -0.381 e. The summed E-state index contributed by atoms with van der Waals surface area (Å²) in [6.45, 7) is 11.9. The van der Waals surface area contributed by atoms with Crippen molar-refractivity contribution in [3.8, 4) is 0 Å². The zero-order valence-corrected chi connectivity index (χ0v) is 12.1. The fourth-order valence-corrected chi connectivity index (χ4v) is 2.93. The predicted octanol–water partition coefficient (Wildman–Crippen LogP) is 2.12. The third-order valence-corrected chi connectivity index (χ3v) is 4.09. The summed E-state index contributed by atoms with van der Waals surface area (Å²) in [5.41, 5.74) is 0.341. The Morgan fingerprint density at radius 1 is 1.29 bits per heavy atom. The van der Waals surface area contributed by atoms with E-state index in [4.69, 9.17) is 4.74 Å². The summed E-state index contributed by atoms with van der Waals surface area (Å²) >= 11 is 0. The van der Waals surface area contributed by atoms with Crippen molar-refractivity contribution < 1.29 is 4.74 Å². The van der Waals surface area contributed by atoms with Gasteiger partial charge < -0.3 is 15.0 Å². The monoisotopic (exact) mass is 242 g/mol. The van der Waals surface area contributed by atoms with E-state index in [1.165, 1.54) is 19.3 Å². The maximum atomic E-state index is 5.64. The van der Waals surface area contributed by atoms with Crippen LogP contribution in [0.5, 0.6) is 0 Å². The number of rotatable bonds is 8. The predicted molar refractivity (Wildman–Crippen MR) is 73.4 cm³/mol. The molecule has 0 aromatic rings. The molecule has 0 aliphatic carbocycles. The second-order valence-corrected chi connectivity index (χ2v) is 5.47. The maximum Gasteiger partial charge on any atom is 0.0547 e. The van der Waals surface area contributed by atoms with Gasteiger partial charge in [-0.25, -0.2) is 0 Å². The van der Waals surface area contributed by atoms with Gasteiger partial charge in [0.05, 0.1) is 6.61 Å². The molecule has 1 saturated heterocycles. The Morgan fingerprint density at radius 2 is 2.00 bits per heavy atom. The van der Waals surface area contributed by atoms with Gasteiger partial charge >= 0.3 is 0 Å². The van der Waals surface area contributed by atoms with E-state index in [2.05, 4.69) is 38.0 Å². The molecule has 1 unspecified atom stereocenters. The van der Waals surface area contributed by atoms with Crippen LogP contribution in [-0.2, 0) is 4.74 Å². The lowest BCUT2D eigenvalue weighted by atomic mass is 9.86. The number of nitrogens with zero attached hydrogens (tertiary/aromatic N) is 1. The molecule has 1 fully saturated rings. The molecule has 1 N–H and O–H groups in total. The molecule has 0 aromatic heterocycles. The van der Waals surface area contributed by atoms with Gasteiger partial charge in [0.1, 0.15) is 0 Å². The molecule has 0 spiro atoms. The molecule has 3 nitrogen and oxygen atoms in total.